The van der Waals surface area contributed by atoms with Gasteiger partial charge in [0.1, 0.15) is 5.82 Å². The average Bonchev–Trinajstić information content (AvgIpc) is 2.41. The highest BCUT2D eigenvalue weighted by Crippen LogP contribution is 2.14. The van der Waals surface area contributed by atoms with Crippen molar-refractivity contribution >= 4 is 11.6 Å². The van der Waals surface area contributed by atoms with E-state index in [2.05, 4.69) is 22.2 Å². The number of hydrogen-bond acceptors (Lipinski definition) is 3. The molecule has 4 nitrogen and oxygen atoms in total. The summed E-state index contributed by atoms with van der Waals surface area (Å²) in [6.45, 7) is 5.50. The minimum Gasteiger partial charge on any atom is -0.322 e. The summed E-state index contributed by atoms with van der Waals surface area (Å²) >= 11 is 0. The van der Waals surface area contributed by atoms with E-state index in [9.17, 15) is 9.18 Å². The van der Waals surface area contributed by atoms with Gasteiger partial charge in [-0.3, -0.25) is 9.69 Å². The maximum absolute atomic E-state index is 13.5. The van der Waals surface area contributed by atoms with Gasteiger partial charge in [0, 0.05) is 26.2 Å². The molecule has 2 rings (SSSR count). The number of piperazine rings is 1. The number of benzene rings is 1. The zero-order chi connectivity index (χ0) is 13.8. The molecule has 0 saturated carbocycles. The van der Waals surface area contributed by atoms with Crippen LogP contribution in [0.25, 0.3) is 0 Å². The Morgan fingerprint density at radius 3 is 2.53 bits per heavy atom. The van der Waals surface area contributed by atoms with Crippen LogP contribution in [0.4, 0.5) is 10.1 Å². The van der Waals surface area contributed by atoms with Crippen molar-refractivity contribution < 1.29 is 9.18 Å². The molecular weight excluding hydrogens is 245 g/mol. The summed E-state index contributed by atoms with van der Waals surface area (Å²) in [6, 6.07) is 5.99. The lowest BCUT2D eigenvalue weighted by atomic mass is 10.2. The third-order valence-electron chi connectivity index (χ3n) is 3.60. The van der Waals surface area contributed by atoms with Crippen LogP contribution in [0.15, 0.2) is 24.3 Å². The second-order valence-electron chi connectivity index (χ2n) is 4.98. The quantitative estimate of drug-likeness (QED) is 0.897. The minimum absolute atomic E-state index is 0.158. The van der Waals surface area contributed by atoms with Crippen molar-refractivity contribution in [2.45, 2.75) is 13.0 Å². The van der Waals surface area contributed by atoms with Gasteiger partial charge >= 0.3 is 0 Å². The molecule has 1 heterocycles. The smallest absolute Gasteiger partial charge is 0.241 e. The van der Waals surface area contributed by atoms with E-state index in [1.165, 1.54) is 6.07 Å². The molecule has 1 N–H and O–H groups in total. The predicted octanol–water partition coefficient (Wildman–Crippen LogP) is 1.40. The molecule has 0 unspecified atom stereocenters. The van der Waals surface area contributed by atoms with Gasteiger partial charge in [-0.1, -0.05) is 12.1 Å². The first-order chi connectivity index (χ1) is 9.08. The molecule has 0 spiro atoms. The van der Waals surface area contributed by atoms with Crippen LogP contribution in [-0.4, -0.2) is 55.0 Å². The van der Waals surface area contributed by atoms with E-state index in [4.69, 9.17) is 0 Å². The van der Waals surface area contributed by atoms with E-state index in [-0.39, 0.29) is 17.6 Å². The molecule has 19 heavy (non-hydrogen) atoms. The maximum Gasteiger partial charge on any atom is 0.241 e. The first-order valence-corrected chi connectivity index (χ1v) is 6.56. The van der Waals surface area contributed by atoms with E-state index >= 15 is 0 Å². The van der Waals surface area contributed by atoms with Gasteiger partial charge < -0.3 is 10.2 Å². The molecule has 0 radical (unpaired) electrons. The number of nitrogens with zero attached hydrogens (tertiary/aromatic N) is 2. The Morgan fingerprint density at radius 2 is 1.89 bits per heavy atom. The SMILES string of the molecule is C[C@H](C(=O)Nc1ccccc1F)N1CCN(C)CC1. The molecule has 0 aromatic heterocycles. The molecule has 1 saturated heterocycles. The fourth-order valence-corrected chi connectivity index (χ4v) is 2.17. The van der Waals surface area contributed by atoms with Crippen LogP contribution >= 0.6 is 0 Å². The highest BCUT2D eigenvalue weighted by Gasteiger charge is 2.24. The third-order valence-corrected chi connectivity index (χ3v) is 3.60. The van der Waals surface area contributed by atoms with E-state index in [1.807, 2.05) is 6.92 Å². The van der Waals surface area contributed by atoms with Gasteiger partial charge in [0.25, 0.3) is 0 Å². The number of likely N-dealkylation sites (N-methyl/N-ethyl adjacent to an activating group) is 1. The van der Waals surface area contributed by atoms with Crippen LogP contribution in [0.1, 0.15) is 6.92 Å². The third kappa shape index (κ3) is 3.52. The Morgan fingerprint density at radius 1 is 1.26 bits per heavy atom. The van der Waals surface area contributed by atoms with E-state index in [0.717, 1.165) is 26.2 Å². The van der Waals surface area contributed by atoms with Gasteiger partial charge in [-0.2, -0.15) is 0 Å². The maximum atomic E-state index is 13.5. The Hall–Kier alpha value is -1.46. The number of carbonyl (C=O) groups is 1. The molecule has 1 aromatic rings. The summed E-state index contributed by atoms with van der Waals surface area (Å²) in [7, 11) is 2.07. The summed E-state index contributed by atoms with van der Waals surface area (Å²) in [4.78, 5) is 16.5. The number of halogens is 1. The summed E-state index contributed by atoms with van der Waals surface area (Å²) in [5, 5.41) is 2.65. The van der Waals surface area contributed by atoms with Crippen LogP contribution in [0.5, 0.6) is 0 Å². The zero-order valence-electron chi connectivity index (χ0n) is 11.4. The summed E-state index contributed by atoms with van der Waals surface area (Å²) in [5.41, 5.74) is 0.244. The molecular formula is C14H20FN3O. The molecule has 1 atom stereocenters. The monoisotopic (exact) mass is 265 g/mol. The lowest BCUT2D eigenvalue weighted by Gasteiger charge is -2.35. The van der Waals surface area contributed by atoms with Crippen molar-refractivity contribution in [1.29, 1.82) is 0 Å². The van der Waals surface area contributed by atoms with Crippen LogP contribution in [-0.2, 0) is 4.79 Å². The minimum atomic E-state index is -0.401. The van der Waals surface area contributed by atoms with Crippen molar-refractivity contribution in [2.75, 3.05) is 38.5 Å². The number of hydrogen-bond donors (Lipinski definition) is 1. The Bertz CT molecular complexity index is 444. The van der Waals surface area contributed by atoms with Gasteiger partial charge in [-0.25, -0.2) is 4.39 Å². The predicted molar refractivity (Wildman–Crippen MR) is 73.6 cm³/mol. The van der Waals surface area contributed by atoms with Gasteiger partial charge in [0.2, 0.25) is 5.91 Å². The lowest BCUT2D eigenvalue weighted by molar-refractivity contribution is -0.121. The number of anilines is 1. The molecule has 1 aliphatic heterocycles. The van der Waals surface area contributed by atoms with Crippen LogP contribution in [0.3, 0.4) is 0 Å². The normalized spacial score (nSPS) is 19.1. The van der Waals surface area contributed by atoms with Crippen LogP contribution in [0.2, 0.25) is 0 Å². The largest absolute Gasteiger partial charge is 0.322 e. The van der Waals surface area contributed by atoms with E-state index < -0.39 is 5.82 Å². The van der Waals surface area contributed by atoms with Crippen molar-refractivity contribution in [3.63, 3.8) is 0 Å². The van der Waals surface area contributed by atoms with Crippen LogP contribution in [0, 0.1) is 5.82 Å². The number of nitrogens with one attached hydrogen (secondary N) is 1. The second kappa shape index (κ2) is 6.12. The van der Waals surface area contributed by atoms with E-state index in [0.29, 0.717) is 0 Å². The van der Waals surface area contributed by atoms with Crippen molar-refractivity contribution in [2.24, 2.45) is 0 Å². The first-order valence-electron chi connectivity index (χ1n) is 6.56. The fourth-order valence-electron chi connectivity index (χ4n) is 2.17. The van der Waals surface area contributed by atoms with Crippen LogP contribution < -0.4 is 5.32 Å². The van der Waals surface area contributed by atoms with Gasteiger partial charge in [-0.15, -0.1) is 0 Å². The summed E-state index contributed by atoms with van der Waals surface area (Å²) < 4.78 is 13.5. The molecule has 104 valence electrons. The van der Waals surface area contributed by atoms with Crippen molar-refractivity contribution in [3.8, 4) is 0 Å². The molecule has 1 amide bonds. The van der Waals surface area contributed by atoms with Crippen molar-refractivity contribution in [3.05, 3.63) is 30.1 Å². The molecule has 1 aromatic carbocycles. The molecule has 1 fully saturated rings. The molecule has 5 heteroatoms. The summed E-state index contributed by atoms with van der Waals surface area (Å²) in [5.74, 6) is -0.559. The molecule has 0 bridgehead atoms. The number of carbonyl (C=O) groups excluding carboxylic acids is 1. The van der Waals surface area contributed by atoms with Gasteiger partial charge in [0.15, 0.2) is 0 Å². The van der Waals surface area contributed by atoms with Gasteiger partial charge in [0.05, 0.1) is 11.7 Å². The first kappa shape index (κ1) is 14.0. The zero-order valence-corrected chi connectivity index (χ0v) is 11.4. The fraction of sp³-hybridized carbons (Fsp3) is 0.500. The highest BCUT2D eigenvalue weighted by molar-refractivity contribution is 5.94. The Kier molecular flexibility index (Phi) is 4.50. The van der Waals surface area contributed by atoms with Crippen molar-refractivity contribution in [1.82, 2.24) is 9.80 Å². The Labute approximate surface area is 113 Å². The number of para-hydroxylation sites is 1. The van der Waals surface area contributed by atoms with Gasteiger partial charge in [-0.05, 0) is 26.1 Å². The lowest BCUT2D eigenvalue weighted by Crippen LogP contribution is -2.51. The number of rotatable bonds is 3. The topological polar surface area (TPSA) is 35.6 Å². The highest BCUT2D eigenvalue weighted by atomic mass is 19.1. The Balaban J connectivity index is 1.94. The van der Waals surface area contributed by atoms with E-state index in [1.54, 1.807) is 18.2 Å². The molecule has 1 aliphatic rings. The average molecular weight is 265 g/mol. The second-order valence-corrected chi connectivity index (χ2v) is 4.98. The molecule has 0 aliphatic carbocycles. The summed E-state index contributed by atoms with van der Waals surface area (Å²) in [6.07, 6.45) is 0. The standard InChI is InChI=1S/C14H20FN3O/c1-11(18-9-7-17(2)8-10-18)14(19)16-13-6-4-3-5-12(13)15/h3-6,11H,7-10H2,1-2H3,(H,16,19)/t11-/m1/s1. The number of amides is 1.